The maximum atomic E-state index is 11.0. The van der Waals surface area contributed by atoms with Gasteiger partial charge in [-0.3, -0.25) is 4.40 Å². The van der Waals surface area contributed by atoms with Crippen LogP contribution in [0.15, 0.2) is 91.1 Å². The van der Waals surface area contributed by atoms with Gasteiger partial charge in [-0.15, -0.1) is 0 Å². The van der Waals surface area contributed by atoms with Gasteiger partial charge in [0, 0.05) is 24.6 Å². The molecule has 0 saturated heterocycles. The first-order chi connectivity index (χ1) is 15.2. The normalized spacial score (nSPS) is 11.1. The van der Waals surface area contributed by atoms with E-state index in [1.54, 1.807) is 4.40 Å². The predicted octanol–water partition coefficient (Wildman–Crippen LogP) is 5.59. The molecular formula is C27H23N3O. The SMILES string of the molecule is Cc1cccc(-c2cn3c(O)c(Cc4ccccc4)nc3c(Cc3ccccc3)n2)c1. The molecule has 152 valence electrons. The summed E-state index contributed by atoms with van der Waals surface area (Å²) in [5, 5.41) is 11.0. The average molecular weight is 406 g/mol. The number of fused-ring (bicyclic) bond motifs is 1. The van der Waals surface area contributed by atoms with E-state index in [0.717, 1.165) is 28.1 Å². The average Bonchev–Trinajstić information content (AvgIpc) is 3.11. The van der Waals surface area contributed by atoms with Crippen molar-refractivity contribution in [1.29, 1.82) is 0 Å². The molecule has 5 rings (SSSR count). The highest BCUT2D eigenvalue weighted by molar-refractivity contribution is 5.64. The second-order valence-electron chi connectivity index (χ2n) is 7.84. The molecule has 4 heteroatoms. The lowest BCUT2D eigenvalue weighted by molar-refractivity contribution is 0.442. The minimum absolute atomic E-state index is 0.171. The van der Waals surface area contributed by atoms with Gasteiger partial charge >= 0.3 is 0 Å². The van der Waals surface area contributed by atoms with Crippen LogP contribution in [0, 0.1) is 6.92 Å². The summed E-state index contributed by atoms with van der Waals surface area (Å²) in [4.78, 5) is 9.78. The molecule has 0 unspecified atom stereocenters. The summed E-state index contributed by atoms with van der Waals surface area (Å²) in [5.41, 5.74) is 7.48. The zero-order chi connectivity index (χ0) is 21.2. The minimum Gasteiger partial charge on any atom is -0.493 e. The van der Waals surface area contributed by atoms with Gasteiger partial charge < -0.3 is 5.11 Å². The number of rotatable bonds is 5. The van der Waals surface area contributed by atoms with Gasteiger partial charge in [0.1, 0.15) is 5.69 Å². The molecule has 0 spiro atoms. The Morgan fingerprint density at radius 1 is 0.742 bits per heavy atom. The van der Waals surface area contributed by atoms with E-state index in [1.165, 1.54) is 5.56 Å². The van der Waals surface area contributed by atoms with Crippen LogP contribution in [0.3, 0.4) is 0 Å². The van der Waals surface area contributed by atoms with E-state index in [-0.39, 0.29) is 5.88 Å². The van der Waals surface area contributed by atoms with Crippen molar-refractivity contribution in [2.75, 3.05) is 0 Å². The maximum absolute atomic E-state index is 11.0. The maximum Gasteiger partial charge on any atom is 0.219 e. The Hall–Kier alpha value is -3.92. The summed E-state index contributed by atoms with van der Waals surface area (Å²) < 4.78 is 1.78. The summed E-state index contributed by atoms with van der Waals surface area (Å²) in [5.74, 6) is 0.171. The van der Waals surface area contributed by atoms with E-state index in [4.69, 9.17) is 9.97 Å². The Bertz CT molecular complexity index is 1340. The minimum atomic E-state index is 0.171. The van der Waals surface area contributed by atoms with Crippen molar-refractivity contribution in [3.63, 3.8) is 0 Å². The molecule has 2 heterocycles. The lowest BCUT2D eigenvalue weighted by Gasteiger charge is -2.09. The highest BCUT2D eigenvalue weighted by Gasteiger charge is 2.18. The number of aromatic hydroxyl groups is 1. The Labute approximate surface area is 181 Å². The van der Waals surface area contributed by atoms with Gasteiger partial charge in [-0.05, 0) is 24.1 Å². The summed E-state index contributed by atoms with van der Waals surface area (Å²) in [6, 6.07) is 28.6. The molecule has 0 aliphatic heterocycles. The summed E-state index contributed by atoms with van der Waals surface area (Å²) in [6.45, 7) is 2.07. The fraction of sp³-hybridized carbons (Fsp3) is 0.111. The highest BCUT2D eigenvalue weighted by atomic mass is 16.3. The van der Waals surface area contributed by atoms with Crippen LogP contribution >= 0.6 is 0 Å². The standard InChI is InChI=1S/C27H23N3O/c1-19-9-8-14-22(15-19)25-18-30-26(23(28-25)16-20-10-4-2-5-11-20)29-24(27(30)31)17-21-12-6-3-7-13-21/h2-15,18,31H,16-17H2,1H3. The Kier molecular flexibility index (Phi) is 4.97. The van der Waals surface area contributed by atoms with E-state index in [1.807, 2.05) is 66.9 Å². The predicted molar refractivity (Wildman–Crippen MR) is 123 cm³/mol. The van der Waals surface area contributed by atoms with Gasteiger partial charge in [-0.2, -0.15) is 0 Å². The molecule has 0 fully saturated rings. The number of benzene rings is 3. The highest BCUT2D eigenvalue weighted by Crippen LogP contribution is 2.28. The first kappa shape index (κ1) is 19.1. The first-order valence-corrected chi connectivity index (χ1v) is 10.4. The first-order valence-electron chi connectivity index (χ1n) is 10.4. The van der Waals surface area contributed by atoms with E-state index < -0.39 is 0 Å². The molecule has 0 amide bonds. The molecule has 5 aromatic rings. The zero-order valence-corrected chi connectivity index (χ0v) is 17.4. The lowest BCUT2D eigenvalue weighted by atomic mass is 10.1. The van der Waals surface area contributed by atoms with E-state index in [0.29, 0.717) is 24.2 Å². The second kappa shape index (κ2) is 8.07. The van der Waals surface area contributed by atoms with Crippen molar-refractivity contribution in [2.24, 2.45) is 0 Å². The fourth-order valence-electron chi connectivity index (χ4n) is 3.90. The molecular weight excluding hydrogens is 382 g/mol. The zero-order valence-electron chi connectivity index (χ0n) is 17.4. The summed E-state index contributed by atoms with van der Waals surface area (Å²) >= 11 is 0. The van der Waals surface area contributed by atoms with Gasteiger partial charge in [0.2, 0.25) is 5.88 Å². The van der Waals surface area contributed by atoms with Crippen molar-refractivity contribution in [3.05, 3.63) is 119 Å². The molecule has 4 nitrogen and oxygen atoms in total. The van der Waals surface area contributed by atoms with Crippen LogP contribution in [0.25, 0.3) is 16.9 Å². The van der Waals surface area contributed by atoms with Crippen LogP contribution in [-0.4, -0.2) is 19.5 Å². The van der Waals surface area contributed by atoms with Crippen molar-refractivity contribution in [1.82, 2.24) is 14.4 Å². The van der Waals surface area contributed by atoms with Crippen molar-refractivity contribution >= 4 is 5.65 Å². The quantitative estimate of drug-likeness (QED) is 0.415. The molecule has 0 aliphatic rings. The molecule has 0 radical (unpaired) electrons. The van der Waals surface area contributed by atoms with E-state index in [9.17, 15) is 5.11 Å². The number of aromatic nitrogens is 3. The summed E-state index contributed by atoms with van der Waals surface area (Å²) in [6.07, 6.45) is 3.10. The summed E-state index contributed by atoms with van der Waals surface area (Å²) in [7, 11) is 0. The molecule has 1 N–H and O–H groups in total. The van der Waals surface area contributed by atoms with Crippen molar-refractivity contribution in [3.8, 4) is 17.1 Å². The Morgan fingerprint density at radius 2 is 1.39 bits per heavy atom. The third-order valence-electron chi connectivity index (χ3n) is 5.46. The Morgan fingerprint density at radius 3 is 2.03 bits per heavy atom. The van der Waals surface area contributed by atoms with Crippen LogP contribution < -0.4 is 0 Å². The van der Waals surface area contributed by atoms with Crippen LogP contribution in [0.2, 0.25) is 0 Å². The number of nitrogens with zero attached hydrogens (tertiary/aromatic N) is 3. The molecule has 3 aromatic carbocycles. The van der Waals surface area contributed by atoms with Gasteiger partial charge in [0.15, 0.2) is 5.65 Å². The number of hydrogen-bond donors (Lipinski definition) is 1. The lowest BCUT2D eigenvalue weighted by Crippen LogP contribution is -2.01. The molecule has 31 heavy (non-hydrogen) atoms. The number of aryl methyl sites for hydroxylation is 1. The van der Waals surface area contributed by atoms with Crippen molar-refractivity contribution in [2.45, 2.75) is 19.8 Å². The van der Waals surface area contributed by atoms with Gasteiger partial charge in [-0.1, -0.05) is 84.4 Å². The number of hydrogen-bond acceptors (Lipinski definition) is 3. The smallest absolute Gasteiger partial charge is 0.219 e. The second-order valence-corrected chi connectivity index (χ2v) is 7.84. The van der Waals surface area contributed by atoms with Crippen LogP contribution in [-0.2, 0) is 12.8 Å². The van der Waals surface area contributed by atoms with Gasteiger partial charge in [0.25, 0.3) is 0 Å². The monoisotopic (exact) mass is 405 g/mol. The van der Waals surface area contributed by atoms with E-state index >= 15 is 0 Å². The van der Waals surface area contributed by atoms with Crippen LogP contribution in [0.5, 0.6) is 5.88 Å². The van der Waals surface area contributed by atoms with Crippen LogP contribution in [0.1, 0.15) is 28.1 Å². The van der Waals surface area contributed by atoms with E-state index in [2.05, 4.69) is 31.2 Å². The van der Waals surface area contributed by atoms with Crippen LogP contribution in [0.4, 0.5) is 0 Å². The Balaban J connectivity index is 1.66. The topological polar surface area (TPSA) is 50.4 Å². The molecule has 0 atom stereocenters. The largest absolute Gasteiger partial charge is 0.493 e. The third kappa shape index (κ3) is 3.92. The van der Waals surface area contributed by atoms with Gasteiger partial charge in [-0.25, -0.2) is 9.97 Å². The van der Waals surface area contributed by atoms with Gasteiger partial charge in [0.05, 0.1) is 11.4 Å². The fourth-order valence-corrected chi connectivity index (χ4v) is 3.90. The third-order valence-corrected chi connectivity index (χ3v) is 5.46. The molecule has 0 bridgehead atoms. The molecule has 0 saturated carbocycles. The number of imidazole rings is 1. The molecule has 2 aromatic heterocycles. The molecule has 0 aliphatic carbocycles. The van der Waals surface area contributed by atoms with Crippen molar-refractivity contribution < 1.29 is 5.11 Å².